The van der Waals surface area contributed by atoms with Crippen molar-refractivity contribution in [1.82, 2.24) is 0 Å². The molecule has 8 heteroatoms. The monoisotopic (exact) mass is 364 g/mol. The van der Waals surface area contributed by atoms with E-state index in [9.17, 15) is 23.2 Å². The van der Waals surface area contributed by atoms with Gasteiger partial charge in [-0.05, 0) is 23.6 Å². The number of ether oxygens (including phenoxy) is 2. The second-order valence-corrected chi connectivity index (χ2v) is 6.32. The van der Waals surface area contributed by atoms with E-state index in [1.807, 2.05) is 13.0 Å². The summed E-state index contributed by atoms with van der Waals surface area (Å²) in [6.07, 6.45) is -3.98. The van der Waals surface area contributed by atoms with Crippen LogP contribution in [0.2, 0.25) is 0 Å². The molecular formula is C18H15F3N2O3. The van der Waals surface area contributed by atoms with Crippen LogP contribution in [-0.2, 0) is 9.53 Å². The highest BCUT2D eigenvalue weighted by molar-refractivity contribution is 5.99. The number of benzene rings is 1. The average molecular weight is 364 g/mol. The normalized spacial score (nSPS) is 23.3. The summed E-state index contributed by atoms with van der Waals surface area (Å²) in [7, 11) is 0. The fourth-order valence-electron chi connectivity index (χ4n) is 3.29. The number of nitrogens with zero attached hydrogens (tertiary/aromatic N) is 1. The Bertz CT molecular complexity index is 848. The van der Waals surface area contributed by atoms with E-state index in [-0.39, 0.29) is 28.9 Å². The van der Waals surface area contributed by atoms with Crippen LogP contribution in [0.25, 0.3) is 0 Å². The number of rotatable bonds is 2. The van der Waals surface area contributed by atoms with Gasteiger partial charge >= 0.3 is 6.36 Å². The zero-order valence-electron chi connectivity index (χ0n) is 13.8. The molecule has 1 aliphatic carbocycles. The minimum Gasteiger partial charge on any atom is -0.444 e. The summed E-state index contributed by atoms with van der Waals surface area (Å²) in [4.78, 5) is 12.6. The van der Waals surface area contributed by atoms with Gasteiger partial charge in [0, 0.05) is 18.4 Å². The number of ketones is 1. The molecule has 0 fully saturated rings. The Morgan fingerprint density at radius 3 is 2.50 bits per heavy atom. The molecule has 2 atom stereocenters. The zero-order chi connectivity index (χ0) is 19.1. The van der Waals surface area contributed by atoms with E-state index in [4.69, 9.17) is 10.5 Å². The lowest BCUT2D eigenvalue weighted by Crippen LogP contribution is -2.29. The molecule has 0 amide bonds. The maximum Gasteiger partial charge on any atom is 0.573 e. The standard InChI is InChI=1S/C18H15F3N2O3/c1-9-6-13(24)16-14(7-9)25-17(23)12(8-22)15(16)10-2-4-11(5-3-10)26-18(19,20)21/h2-5,9,15H,6-7,23H2,1H3/t9-,15+/m0/s1. The Balaban J connectivity index is 2.03. The molecule has 0 radical (unpaired) electrons. The van der Waals surface area contributed by atoms with Crippen molar-refractivity contribution in [1.29, 1.82) is 5.26 Å². The van der Waals surface area contributed by atoms with Crippen LogP contribution < -0.4 is 10.5 Å². The van der Waals surface area contributed by atoms with Crippen molar-refractivity contribution in [3.8, 4) is 11.8 Å². The number of halogens is 3. The first-order chi connectivity index (χ1) is 12.2. The first kappa shape index (κ1) is 17.9. The average Bonchev–Trinajstić information content (AvgIpc) is 2.52. The lowest BCUT2D eigenvalue weighted by Gasteiger charge is -2.33. The fraction of sp³-hybridized carbons (Fsp3) is 0.333. The van der Waals surface area contributed by atoms with Gasteiger partial charge in [-0.15, -0.1) is 13.2 Å². The number of carbonyl (C=O) groups excluding carboxylic acids is 1. The molecule has 2 N–H and O–H groups in total. The van der Waals surface area contributed by atoms with Gasteiger partial charge in [-0.1, -0.05) is 19.1 Å². The van der Waals surface area contributed by atoms with E-state index in [0.29, 0.717) is 29.7 Å². The molecule has 136 valence electrons. The van der Waals surface area contributed by atoms with Gasteiger partial charge in [-0.25, -0.2) is 0 Å². The second-order valence-electron chi connectivity index (χ2n) is 6.32. The molecule has 26 heavy (non-hydrogen) atoms. The van der Waals surface area contributed by atoms with Crippen LogP contribution in [0.1, 0.15) is 31.2 Å². The number of Topliss-reactive ketones (excluding diaryl/α,β-unsaturated/α-hetero) is 1. The highest BCUT2D eigenvalue weighted by Crippen LogP contribution is 2.44. The third kappa shape index (κ3) is 3.38. The minimum absolute atomic E-state index is 0.0659. The van der Waals surface area contributed by atoms with Crippen LogP contribution in [0.4, 0.5) is 13.2 Å². The molecule has 3 rings (SSSR count). The molecule has 5 nitrogen and oxygen atoms in total. The van der Waals surface area contributed by atoms with E-state index in [1.54, 1.807) is 0 Å². The predicted octanol–water partition coefficient (Wildman–Crippen LogP) is 3.65. The number of nitrogens with two attached hydrogens (primary N) is 1. The van der Waals surface area contributed by atoms with Crippen LogP contribution in [0.15, 0.2) is 47.1 Å². The molecule has 1 heterocycles. The van der Waals surface area contributed by atoms with Crippen molar-refractivity contribution < 1.29 is 27.4 Å². The first-order valence-electron chi connectivity index (χ1n) is 7.89. The largest absolute Gasteiger partial charge is 0.573 e. The van der Waals surface area contributed by atoms with Crippen molar-refractivity contribution in [3.05, 3.63) is 52.6 Å². The van der Waals surface area contributed by atoms with Crippen molar-refractivity contribution in [2.75, 3.05) is 0 Å². The molecule has 2 aliphatic rings. The van der Waals surface area contributed by atoms with Crippen molar-refractivity contribution in [3.63, 3.8) is 0 Å². The van der Waals surface area contributed by atoms with E-state index in [0.717, 1.165) is 12.1 Å². The number of nitriles is 1. The van der Waals surface area contributed by atoms with Gasteiger partial charge in [0.1, 0.15) is 23.2 Å². The van der Waals surface area contributed by atoms with Gasteiger partial charge < -0.3 is 15.2 Å². The van der Waals surface area contributed by atoms with Gasteiger partial charge in [-0.2, -0.15) is 5.26 Å². The summed E-state index contributed by atoms with van der Waals surface area (Å²) in [5.41, 5.74) is 6.73. The first-order valence-corrected chi connectivity index (χ1v) is 7.89. The maximum atomic E-state index is 12.6. The summed E-state index contributed by atoms with van der Waals surface area (Å²) >= 11 is 0. The molecular weight excluding hydrogens is 349 g/mol. The molecule has 0 saturated carbocycles. The Morgan fingerprint density at radius 1 is 1.27 bits per heavy atom. The lowest BCUT2D eigenvalue weighted by molar-refractivity contribution is -0.274. The Kier molecular flexibility index (Phi) is 4.40. The molecule has 0 aromatic heterocycles. The number of carbonyl (C=O) groups is 1. The third-order valence-electron chi connectivity index (χ3n) is 4.31. The molecule has 0 saturated heterocycles. The summed E-state index contributed by atoms with van der Waals surface area (Å²) in [5.74, 6) is -0.884. The summed E-state index contributed by atoms with van der Waals surface area (Å²) < 4.78 is 46.3. The highest BCUT2D eigenvalue weighted by Gasteiger charge is 2.39. The Labute approximate surface area is 147 Å². The van der Waals surface area contributed by atoms with Crippen LogP contribution in [0, 0.1) is 17.2 Å². The highest BCUT2D eigenvalue weighted by atomic mass is 19.4. The quantitative estimate of drug-likeness (QED) is 0.866. The van der Waals surface area contributed by atoms with Gasteiger partial charge in [0.2, 0.25) is 5.88 Å². The maximum absolute atomic E-state index is 12.6. The number of allylic oxidation sites excluding steroid dienone is 3. The Morgan fingerprint density at radius 2 is 1.92 bits per heavy atom. The molecule has 0 bridgehead atoms. The molecule has 1 aromatic carbocycles. The van der Waals surface area contributed by atoms with Crippen molar-refractivity contribution >= 4 is 5.78 Å². The van der Waals surface area contributed by atoms with E-state index in [1.165, 1.54) is 12.1 Å². The summed E-state index contributed by atoms with van der Waals surface area (Å²) in [6, 6.07) is 7.00. The summed E-state index contributed by atoms with van der Waals surface area (Å²) in [6.45, 7) is 1.91. The van der Waals surface area contributed by atoms with E-state index < -0.39 is 12.3 Å². The van der Waals surface area contributed by atoms with Crippen LogP contribution >= 0.6 is 0 Å². The lowest BCUT2D eigenvalue weighted by atomic mass is 9.75. The summed E-state index contributed by atoms with van der Waals surface area (Å²) in [5, 5.41) is 9.45. The van der Waals surface area contributed by atoms with Crippen molar-refractivity contribution in [2.24, 2.45) is 11.7 Å². The number of hydrogen-bond donors (Lipinski definition) is 1. The van der Waals surface area contributed by atoms with E-state index in [2.05, 4.69) is 4.74 Å². The van der Waals surface area contributed by atoms with Crippen LogP contribution in [0.5, 0.6) is 5.75 Å². The molecule has 0 spiro atoms. The number of alkyl halides is 3. The number of hydrogen-bond acceptors (Lipinski definition) is 5. The van der Waals surface area contributed by atoms with Gasteiger partial charge in [-0.3, -0.25) is 4.79 Å². The topological polar surface area (TPSA) is 85.3 Å². The van der Waals surface area contributed by atoms with Gasteiger partial charge in [0.15, 0.2) is 5.78 Å². The second kappa shape index (κ2) is 6.41. The van der Waals surface area contributed by atoms with Crippen molar-refractivity contribution in [2.45, 2.75) is 32.0 Å². The predicted molar refractivity (Wildman–Crippen MR) is 84.2 cm³/mol. The minimum atomic E-state index is -4.80. The van der Waals surface area contributed by atoms with Crippen LogP contribution in [-0.4, -0.2) is 12.1 Å². The SMILES string of the molecule is C[C@H]1CC(=O)C2=C(C1)OC(N)=C(C#N)[C@H]2c1ccc(OC(F)(F)F)cc1. The fourth-order valence-corrected chi connectivity index (χ4v) is 3.29. The Hall–Kier alpha value is -2.95. The molecule has 1 aromatic rings. The van der Waals surface area contributed by atoms with Crippen LogP contribution in [0.3, 0.4) is 0 Å². The molecule has 0 unspecified atom stereocenters. The van der Waals surface area contributed by atoms with Gasteiger partial charge in [0.25, 0.3) is 0 Å². The smallest absolute Gasteiger partial charge is 0.444 e. The zero-order valence-corrected chi connectivity index (χ0v) is 13.8. The molecule has 1 aliphatic heterocycles. The third-order valence-corrected chi connectivity index (χ3v) is 4.31. The van der Waals surface area contributed by atoms with E-state index >= 15 is 0 Å². The van der Waals surface area contributed by atoms with Gasteiger partial charge in [0.05, 0.1) is 5.92 Å².